The standard InChI is InChI=1S/C55H44O14P2S/c1-3-15-37-35(13-1)25-27-47-49(37)72-50-38-16-4-2-14-36(38)26-28-48(50)69-71(65-44-22-10-6-18-40(44)52-58-31-32-59-52)67-46-24-12-8-20-42(46)54-61-34-55(63-54)33-60-53(62-55)41-19-7-11-23-45(41)66-70(68-47)64-43-21-9-5-17-39(43)51-56-29-30-57-51/h1-28,51-54H,29-34H2. The van der Waals surface area contributed by atoms with Crippen LogP contribution in [-0.2, 0) is 37.9 Å². The van der Waals surface area contributed by atoms with Crippen LogP contribution in [-0.4, -0.2) is 45.4 Å². The Kier molecular flexibility index (Phi) is 12.8. The lowest BCUT2D eigenvalue weighted by Gasteiger charge is -2.25. The van der Waals surface area contributed by atoms with E-state index in [1.165, 1.54) is 11.8 Å². The van der Waals surface area contributed by atoms with Crippen LogP contribution in [0.1, 0.15) is 47.4 Å². The zero-order valence-corrected chi connectivity index (χ0v) is 40.8. The summed E-state index contributed by atoms with van der Waals surface area (Å²) in [4.78, 5) is 1.56. The second-order valence-electron chi connectivity index (χ2n) is 17.1. The smallest absolute Gasteiger partial charge is 0.408 e. The van der Waals surface area contributed by atoms with Crippen molar-refractivity contribution in [2.45, 2.75) is 40.7 Å². The summed E-state index contributed by atoms with van der Waals surface area (Å²) in [5, 5.41) is 3.83. The van der Waals surface area contributed by atoms with Gasteiger partial charge in [0.15, 0.2) is 25.2 Å². The van der Waals surface area contributed by atoms with Crippen molar-refractivity contribution in [3.8, 4) is 34.5 Å². The van der Waals surface area contributed by atoms with E-state index in [1.807, 2.05) is 146 Å². The fourth-order valence-corrected chi connectivity index (χ4v) is 12.5. The van der Waals surface area contributed by atoms with Crippen LogP contribution in [0.15, 0.2) is 180 Å². The molecule has 364 valence electrons. The maximum atomic E-state index is 7.10. The number of rotatable bonds is 6. The molecule has 4 atom stereocenters. The summed E-state index contributed by atoms with van der Waals surface area (Å²) in [7, 11) is -4.63. The van der Waals surface area contributed by atoms with Gasteiger partial charge in [-0.1, -0.05) is 145 Å². The lowest BCUT2D eigenvalue weighted by atomic mass is 10.1. The minimum absolute atomic E-state index is 0.0610. The second-order valence-corrected chi connectivity index (χ2v) is 20.1. The van der Waals surface area contributed by atoms with Crippen LogP contribution in [0.4, 0.5) is 0 Å². The van der Waals surface area contributed by atoms with E-state index in [-0.39, 0.29) is 13.2 Å². The molecule has 8 aromatic rings. The quantitative estimate of drug-likeness (QED) is 0.146. The number of para-hydroxylation sites is 4. The highest BCUT2D eigenvalue weighted by atomic mass is 32.2. The third-order valence-corrected chi connectivity index (χ3v) is 15.7. The van der Waals surface area contributed by atoms with Crippen molar-refractivity contribution in [1.29, 1.82) is 0 Å². The molecule has 5 heterocycles. The second kappa shape index (κ2) is 20.1. The van der Waals surface area contributed by atoms with E-state index in [4.69, 9.17) is 65.0 Å². The minimum atomic E-state index is -2.32. The molecule has 0 saturated carbocycles. The van der Waals surface area contributed by atoms with E-state index in [9.17, 15) is 0 Å². The Bertz CT molecular complexity index is 3050. The first-order valence-electron chi connectivity index (χ1n) is 23.4. The van der Waals surface area contributed by atoms with Gasteiger partial charge in [-0.3, -0.25) is 0 Å². The van der Waals surface area contributed by atoms with Gasteiger partial charge in [0.2, 0.25) is 5.79 Å². The molecule has 17 heteroatoms. The topological polar surface area (TPSA) is 129 Å². The summed E-state index contributed by atoms with van der Waals surface area (Å²) >= 11 is 1.49. The molecule has 5 aliphatic rings. The summed E-state index contributed by atoms with van der Waals surface area (Å²) in [6.45, 7) is 1.93. The minimum Gasteiger partial charge on any atom is -0.408 e. The fourth-order valence-electron chi connectivity index (χ4n) is 8.98. The van der Waals surface area contributed by atoms with Crippen molar-refractivity contribution in [2.24, 2.45) is 0 Å². The van der Waals surface area contributed by atoms with Crippen LogP contribution in [0.2, 0.25) is 0 Å². The Morgan fingerprint density at radius 1 is 0.375 bits per heavy atom. The molecule has 0 radical (unpaired) electrons. The van der Waals surface area contributed by atoms with Crippen molar-refractivity contribution in [3.63, 3.8) is 0 Å². The number of ether oxygens (including phenoxy) is 8. The molecule has 0 aromatic heterocycles. The molecular weight excluding hydrogens is 979 g/mol. The lowest BCUT2D eigenvalue weighted by molar-refractivity contribution is -0.216. The van der Waals surface area contributed by atoms with Gasteiger partial charge in [0.25, 0.3) is 0 Å². The monoisotopic (exact) mass is 1020 g/mol. The molecule has 0 amide bonds. The van der Waals surface area contributed by atoms with Gasteiger partial charge in [-0.25, -0.2) is 0 Å². The molecule has 0 aliphatic carbocycles. The average Bonchev–Trinajstić information content (AvgIpc) is 4.29. The Balaban J connectivity index is 0.975. The fraction of sp³-hybridized carbons (Fsp3) is 0.200. The maximum absolute atomic E-state index is 7.10. The Labute approximate surface area is 420 Å². The van der Waals surface area contributed by atoms with Gasteiger partial charge in [0, 0.05) is 0 Å². The molecule has 3 bridgehead atoms. The lowest BCUT2D eigenvalue weighted by Crippen LogP contribution is -2.34. The van der Waals surface area contributed by atoms with Gasteiger partial charge in [-0.15, -0.1) is 0 Å². The van der Waals surface area contributed by atoms with Crippen molar-refractivity contribution in [3.05, 3.63) is 192 Å². The normalized spacial score (nSPS) is 23.4. The van der Waals surface area contributed by atoms with Crippen molar-refractivity contribution >= 4 is 50.5 Å². The predicted octanol–water partition coefficient (Wildman–Crippen LogP) is 13.6. The third-order valence-electron chi connectivity index (χ3n) is 12.4. The molecule has 1 spiro atoms. The molecule has 5 aliphatic heterocycles. The molecule has 8 aromatic carbocycles. The Morgan fingerprint density at radius 2 is 0.764 bits per heavy atom. The largest absolute Gasteiger partial charge is 0.530 e. The summed E-state index contributed by atoms with van der Waals surface area (Å²) in [6.07, 6.45) is -3.09. The van der Waals surface area contributed by atoms with Crippen molar-refractivity contribution in [1.82, 2.24) is 0 Å². The zero-order chi connectivity index (χ0) is 47.8. The average molecular weight is 1020 g/mol. The third kappa shape index (κ3) is 9.21. The van der Waals surface area contributed by atoms with Gasteiger partial charge < -0.3 is 65.0 Å². The van der Waals surface area contributed by atoms with Crippen LogP contribution in [0.3, 0.4) is 0 Å². The van der Waals surface area contributed by atoms with Crippen LogP contribution in [0, 0.1) is 0 Å². The number of benzene rings is 8. The summed E-state index contributed by atoms with van der Waals surface area (Å²) in [5.74, 6) is 1.48. The molecule has 4 fully saturated rings. The van der Waals surface area contributed by atoms with Crippen LogP contribution in [0.25, 0.3) is 21.5 Å². The highest BCUT2D eigenvalue weighted by Gasteiger charge is 2.51. The van der Waals surface area contributed by atoms with E-state index >= 15 is 0 Å². The van der Waals surface area contributed by atoms with E-state index in [0.29, 0.717) is 83.2 Å². The van der Waals surface area contributed by atoms with E-state index in [1.54, 1.807) is 0 Å². The first-order valence-corrected chi connectivity index (χ1v) is 26.4. The first kappa shape index (κ1) is 45.8. The Hall–Kier alpha value is -6.03. The van der Waals surface area contributed by atoms with E-state index < -0.39 is 48.2 Å². The summed E-state index contributed by atoms with van der Waals surface area (Å²) in [5.41, 5.74) is 2.58. The van der Waals surface area contributed by atoms with Gasteiger partial charge >= 0.3 is 17.2 Å². The van der Waals surface area contributed by atoms with Gasteiger partial charge in [-0.05, 0) is 57.9 Å². The van der Waals surface area contributed by atoms with Gasteiger partial charge in [-0.2, -0.15) is 0 Å². The SMILES string of the molecule is c1ccc(C2OCCO2)c(OP2Oc3ccccc3C3OCC4(COC(O4)c4ccccc4OP(Oc4ccccc4C4OCCO4)Oc4ccc5ccccc5c4Sc4c(ccc5ccccc45)O2)O3)c1. The zero-order valence-electron chi connectivity index (χ0n) is 38.2. The highest BCUT2D eigenvalue weighted by molar-refractivity contribution is 8.00. The van der Waals surface area contributed by atoms with Crippen LogP contribution in [0.5, 0.6) is 34.5 Å². The highest BCUT2D eigenvalue weighted by Crippen LogP contribution is 2.56. The maximum Gasteiger partial charge on any atom is 0.530 e. The predicted molar refractivity (Wildman–Crippen MR) is 267 cm³/mol. The molecule has 72 heavy (non-hydrogen) atoms. The molecule has 13 rings (SSSR count). The number of fused-ring (bicyclic) bond motifs is 12. The molecular formula is C55H44O14P2S. The summed E-state index contributed by atoms with van der Waals surface area (Å²) in [6, 6.07) is 54.3. The Morgan fingerprint density at radius 3 is 1.24 bits per heavy atom. The molecule has 4 saturated heterocycles. The first-order chi connectivity index (χ1) is 35.6. The molecule has 4 unspecified atom stereocenters. The number of hydrogen-bond donors (Lipinski definition) is 0. The molecule has 0 N–H and O–H groups in total. The molecule has 14 nitrogen and oxygen atoms in total. The van der Waals surface area contributed by atoms with Crippen LogP contribution >= 0.6 is 29.0 Å². The van der Waals surface area contributed by atoms with Gasteiger partial charge in [0.1, 0.15) is 47.7 Å². The van der Waals surface area contributed by atoms with Crippen molar-refractivity contribution in [2.75, 3.05) is 39.6 Å². The number of hydrogen-bond acceptors (Lipinski definition) is 15. The van der Waals surface area contributed by atoms with E-state index in [2.05, 4.69) is 24.3 Å². The summed E-state index contributed by atoms with van der Waals surface area (Å²) < 4.78 is 91.8. The van der Waals surface area contributed by atoms with Crippen LogP contribution < -0.4 is 27.1 Å². The van der Waals surface area contributed by atoms with Gasteiger partial charge in [0.05, 0.1) is 58.5 Å². The van der Waals surface area contributed by atoms with E-state index in [0.717, 1.165) is 31.3 Å². The van der Waals surface area contributed by atoms with Crippen molar-refractivity contribution < 1.29 is 65.0 Å².